The molecule has 1 aliphatic heterocycles. The lowest BCUT2D eigenvalue weighted by Gasteiger charge is -2.26. The molecule has 0 aromatic rings. The van der Waals surface area contributed by atoms with Crippen molar-refractivity contribution in [3.63, 3.8) is 0 Å². The first-order valence-electron chi connectivity index (χ1n) is 4.91. The quantitative estimate of drug-likeness (QED) is 0.636. The first-order chi connectivity index (χ1) is 5.83. The van der Waals surface area contributed by atoms with Gasteiger partial charge in [-0.25, -0.2) is 0 Å². The SMILES string of the molecule is NC1CCCCN(CCS)CC1. The van der Waals surface area contributed by atoms with E-state index >= 15 is 0 Å². The molecule has 0 saturated carbocycles. The van der Waals surface area contributed by atoms with Gasteiger partial charge in [-0.05, 0) is 32.4 Å². The van der Waals surface area contributed by atoms with Crippen LogP contribution in [-0.2, 0) is 0 Å². The number of hydrogen-bond donors (Lipinski definition) is 2. The molecule has 72 valence electrons. The molecule has 0 bridgehead atoms. The second kappa shape index (κ2) is 5.84. The van der Waals surface area contributed by atoms with Gasteiger partial charge in [0.05, 0.1) is 0 Å². The van der Waals surface area contributed by atoms with E-state index in [9.17, 15) is 0 Å². The Morgan fingerprint density at radius 2 is 2.08 bits per heavy atom. The summed E-state index contributed by atoms with van der Waals surface area (Å²) >= 11 is 4.24. The zero-order valence-corrected chi connectivity index (χ0v) is 8.60. The summed E-state index contributed by atoms with van der Waals surface area (Å²) in [6, 6.07) is 0.438. The van der Waals surface area contributed by atoms with Crippen molar-refractivity contribution in [3.05, 3.63) is 0 Å². The minimum absolute atomic E-state index is 0.438. The molecule has 0 aromatic carbocycles. The fraction of sp³-hybridized carbons (Fsp3) is 1.00. The van der Waals surface area contributed by atoms with Crippen LogP contribution in [0.3, 0.4) is 0 Å². The Morgan fingerprint density at radius 3 is 2.83 bits per heavy atom. The lowest BCUT2D eigenvalue weighted by atomic mass is 10.0. The summed E-state index contributed by atoms with van der Waals surface area (Å²) in [5.74, 6) is 0.967. The Bertz CT molecular complexity index is 119. The largest absolute Gasteiger partial charge is 0.328 e. The van der Waals surface area contributed by atoms with Gasteiger partial charge in [-0.15, -0.1) is 0 Å². The van der Waals surface area contributed by atoms with Crippen molar-refractivity contribution < 1.29 is 0 Å². The molecule has 1 atom stereocenters. The second-order valence-electron chi connectivity index (χ2n) is 3.61. The van der Waals surface area contributed by atoms with Crippen molar-refractivity contribution in [1.82, 2.24) is 4.90 Å². The maximum absolute atomic E-state index is 5.92. The molecule has 0 radical (unpaired) electrons. The van der Waals surface area contributed by atoms with Gasteiger partial charge in [0.15, 0.2) is 0 Å². The molecular formula is C9H20N2S. The maximum Gasteiger partial charge on any atom is 0.00698 e. The van der Waals surface area contributed by atoms with Crippen molar-refractivity contribution in [1.29, 1.82) is 0 Å². The summed E-state index contributed by atoms with van der Waals surface area (Å²) in [5, 5.41) is 0. The highest BCUT2D eigenvalue weighted by Crippen LogP contribution is 2.09. The number of nitrogens with two attached hydrogens (primary N) is 1. The molecule has 1 unspecified atom stereocenters. The Hall–Kier alpha value is 0.270. The smallest absolute Gasteiger partial charge is 0.00698 e. The van der Waals surface area contributed by atoms with Gasteiger partial charge in [-0.2, -0.15) is 12.6 Å². The average molecular weight is 188 g/mol. The minimum Gasteiger partial charge on any atom is -0.328 e. The van der Waals surface area contributed by atoms with Crippen LogP contribution in [0.25, 0.3) is 0 Å². The van der Waals surface area contributed by atoms with Crippen LogP contribution in [-0.4, -0.2) is 36.3 Å². The highest BCUT2D eigenvalue weighted by atomic mass is 32.1. The molecule has 0 aliphatic carbocycles. The molecule has 1 rings (SSSR count). The molecule has 12 heavy (non-hydrogen) atoms. The number of nitrogens with zero attached hydrogens (tertiary/aromatic N) is 1. The van der Waals surface area contributed by atoms with Gasteiger partial charge in [0, 0.05) is 18.3 Å². The highest BCUT2D eigenvalue weighted by molar-refractivity contribution is 7.80. The van der Waals surface area contributed by atoms with Crippen LogP contribution in [0.5, 0.6) is 0 Å². The molecule has 1 fully saturated rings. The lowest BCUT2D eigenvalue weighted by molar-refractivity contribution is 0.251. The number of rotatable bonds is 2. The predicted octanol–water partition coefficient (Wildman–Crippen LogP) is 1.12. The molecule has 0 aromatic heterocycles. The van der Waals surface area contributed by atoms with Crippen LogP contribution in [0.2, 0.25) is 0 Å². The molecule has 1 aliphatic rings. The third-order valence-corrected chi connectivity index (χ3v) is 2.73. The van der Waals surface area contributed by atoms with E-state index in [1.54, 1.807) is 0 Å². The normalized spacial score (nSPS) is 28.0. The summed E-state index contributed by atoms with van der Waals surface area (Å²) < 4.78 is 0. The van der Waals surface area contributed by atoms with Crippen LogP contribution in [0.1, 0.15) is 25.7 Å². The Morgan fingerprint density at radius 1 is 1.25 bits per heavy atom. The first kappa shape index (κ1) is 10.4. The van der Waals surface area contributed by atoms with Crippen molar-refractivity contribution in [2.24, 2.45) is 5.73 Å². The molecule has 0 spiro atoms. The van der Waals surface area contributed by atoms with Crippen LogP contribution in [0.15, 0.2) is 0 Å². The van der Waals surface area contributed by atoms with Gasteiger partial charge in [0.2, 0.25) is 0 Å². The summed E-state index contributed by atoms with van der Waals surface area (Å²) in [6.45, 7) is 3.53. The van der Waals surface area contributed by atoms with E-state index in [1.165, 1.54) is 32.4 Å². The third kappa shape index (κ3) is 3.78. The van der Waals surface area contributed by atoms with Crippen molar-refractivity contribution in [3.8, 4) is 0 Å². The number of thiol groups is 1. The van der Waals surface area contributed by atoms with Gasteiger partial charge in [0.25, 0.3) is 0 Å². The van der Waals surface area contributed by atoms with E-state index in [0.717, 1.165) is 18.7 Å². The summed E-state index contributed by atoms with van der Waals surface area (Å²) in [6.07, 6.45) is 4.98. The Kier molecular flexibility index (Phi) is 5.04. The number of hydrogen-bond acceptors (Lipinski definition) is 3. The highest BCUT2D eigenvalue weighted by Gasteiger charge is 2.11. The molecule has 1 heterocycles. The van der Waals surface area contributed by atoms with Gasteiger partial charge >= 0.3 is 0 Å². The van der Waals surface area contributed by atoms with E-state index in [1.807, 2.05) is 0 Å². The Balaban J connectivity index is 2.24. The molecular weight excluding hydrogens is 168 g/mol. The zero-order valence-electron chi connectivity index (χ0n) is 7.71. The minimum atomic E-state index is 0.438. The predicted molar refractivity (Wildman–Crippen MR) is 56.7 cm³/mol. The second-order valence-corrected chi connectivity index (χ2v) is 4.06. The standard InChI is InChI=1S/C9H20N2S/c10-9-3-1-2-5-11(6-4-9)7-8-12/h9,12H,1-8,10H2. The summed E-state index contributed by atoms with van der Waals surface area (Å²) in [4.78, 5) is 2.48. The van der Waals surface area contributed by atoms with Crippen molar-refractivity contribution in [2.45, 2.75) is 31.7 Å². The van der Waals surface area contributed by atoms with Crippen LogP contribution in [0.4, 0.5) is 0 Å². The van der Waals surface area contributed by atoms with E-state index < -0.39 is 0 Å². The monoisotopic (exact) mass is 188 g/mol. The maximum atomic E-state index is 5.92. The van der Waals surface area contributed by atoms with E-state index in [2.05, 4.69) is 17.5 Å². The first-order valence-corrected chi connectivity index (χ1v) is 5.55. The molecule has 2 N–H and O–H groups in total. The van der Waals surface area contributed by atoms with Gasteiger partial charge in [0.1, 0.15) is 0 Å². The Labute approximate surface area is 80.9 Å². The van der Waals surface area contributed by atoms with Crippen LogP contribution >= 0.6 is 12.6 Å². The molecule has 2 nitrogen and oxygen atoms in total. The van der Waals surface area contributed by atoms with E-state index in [0.29, 0.717) is 6.04 Å². The van der Waals surface area contributed by atoms with E-state index in [4.69, 9.17) is 5.73 Å². The lowest BCUT2D eigenvalue weighted by Crippen LogP contribution is -2.34. The van der Waals surface area contributed by atoms with Crippen molar-refractivity contribution in [2.75, 3.05) is 25.4 Å². The summed E-state index contributed by atoms with van der Waals surface area (Å²) in [7, 11) is 0. The fourth-order valence-corrected chi connectivity index (χ4v) is 1.99. The number of likely N-dealkylation sites (tertiary alicyclic amines) is 1. The third-order valence-electron chi connectivity index (χ3n) is 2.53. The van der Waals surface area contributed by atoms with Gasteiger partial charge < -0.3 is 10.6 Å². The molecule has 3 heteroatoms. The topological polar surface area (TPSA) is 29.3 Å². The molecule has 0 amide bonds. The van der Waals surface area contributed by atoms with Gasteiger partial charge in [-0.3, -0.25) is 0 Å². The van der Waals surface area contributed by atoms with Gasteiger partial charge in [-0.1, -0.05) is 6.42 Å². The zero-order chi connectivity index (χ0) is 8.81. The van der Waals surface area contributed by atoms with Crippen LogP contribution in [0, 0.1) is 0 Å². The average Bonchev–Trinajstić information content (AvgIpc) is 2.04. The van der Waals surface area contributed by atoms with Crippen LogP contribution < -0.4 is 5.73 Å². The van der Waals surface area contributed by atoms with Crippen molar-refractivity contribution >= 4 is 12.6 Å². The fourth-order valence-electron chi connectivity index (χ4n) is 1.71. The van der Waals surface area contributed by atoms with E-state index in [-0.39, 0.29) is 0 Å². The summed E-state index contributed by atoms with van der Waals surface area (Å²) in [5.41, 5.74) is 5.92. The molecule has 1 saturated heterocycles.